The molecule has 1 unspecified atom stereocenters. The van der Waals surface area contributed by atoms with Gasteiger partial charge in [0.2, 0.25) is 5.91 Å². The number of esters is 1. The number of fused-ring (bicyclic) bond motifs is 3. The van der Waals surface area contributed by atoms with E-state index in [0.717, 1.165) is 5.56 Å². The third-order valence-corrected chi connectivity index (χ3v) is 7.47. The number of nitrogens with one attached hydrogen (secondary N) is 1. The fraction of sp³-hybridized carbons (Fsp3) is 0.296. The molecule has 0 aromatic heterocycles. The van der Waals surface area contributed by atoms with Gasteiger partial charge in [-0.05, 0) is 43.0 Å². The van der Waals surface area contributed by atoms with Gasteiger partial charge in [0.05, 0.1) is 12.8 Å². The zero-order valence-corrected chi connectivity index (χ0v) is 21.8. The number of anilines is 2. The summed E-state index contributed by atoms with van der Waals surface area (Å²) in [5, 5.41) is 3.59. The van der Waals surface area contributed by atoms with Gasteiger partial charge in [0, 0.05) is 39.0 Å². The van der Waals surface area contributed by atoms with Crippen molar-refractivity contribution in [3.05, 3.63) is 80.2 Å². The highest BCUT2D eigenvalue weighted by Crippen LogP contribution is 2.57. The summed E-state index contributed by atoms with van der Waals surface area (Å²) >= 11 is 12.6. The largest absolute Gasteiger partial charge is 0.466 e. The minimum atomic E-state index is -1.75. The number of hydrogen-bond acceptors (Lipinski definition) is 6. The van der Waals surface area contributed by atoms with Crippen LogP contribution in [0.1, 0.15) is 37.8 Å². The third-order valence-electron chi connectivity index (χ3n) is 7.03. The number of carbonyl (C=O) groups is 3. The van der Waals surface area contributed by atoms with Crippen molar-refractivity contribution in [3.8, 4) is 0 Å². The van der Waals surface area contributed by atoms with E-state index in [9.17, 15) is 14.4 Å². The molecule has 0 bridgehead atoms. The van der Waals surface area contributed by atoms with E-state index in [1.807, 2.05) is 32.9 Å². The fourth-order valence-corrected chi connectivity index (χ4v) is 6.23. The topological polar surface area (TPSA) is 102 Å². The van der Waals surface area contributed by atoms with Gasteiger partial charge in [-0.3, -0.25) is 14.5 Å². The van der Waals surface area contributed by atoms with Gasteiger partial charge in [-0.15, -0.1) is 0 Å². The zero-order valence-electron chi connectivity index (χ0n) is 20.3. The molecule has 2 aromatic carbocycles. The first-order valence-corrected chi connectivity index (χ1v) is 12.2. The van der Waals surface area contributed by atoms with Crippen molar-refractivity contribution in [2.24, 2.45) is 11.1 Å². The van der Waals surface area contributed by atoms with Crippen LogP contribution < -0.4 is 16.0 Å². The molecule has 1 amide bonds. The molecule has 186 valence electrons. The lowest BCUT2D eigenvalue weighted by Gasteiger charge is -2.47. The summed E-state index contributed by atoms with van der Waals surface area (Å²) in [6, 6.07) is 10.3. The SMILES string of the molecule is COC(=O)C1=C(N)N(c2cc(Cl)cc(Cl)c2)C2=C(C(=O)CC(C)(C)C2)C12C(=O)Nc1ccc(C)cc12. The van der Waals surface area contributed by atoms with E-state index in [2.05, 4.69) is 5.32 Å². The van der Waals surface area contributed by atoms with E-state index in [1.165, 1.54) is 7.11 Å². The molecule has 5 rings (SSSR count). The smallest absolute Gasteiger partial charge is 0.339 e. The molecule has 0 saturated carbocycles. The highest BCUT2D eigenvalue weighted by Gasteiger charge is 2.63. The zero-order chi connectivity index (χ0) is 26.2. The number of nitrogens with two attached hydrogens (primary N) is 1. The molecule has 1 atom stereocenters. The van der Waals surface area contributed by atoms with E-state index in [1.54, 1.807) is 29.2 Å². The van der Waals surface area contributed by atoms with Crippen molar-refractivity contribution < 1.29 is 19.1 Å². The lowest BCUT2D eigenvalue weighted by Crippen LogP contribution is -2.54. The molecule has 2 aromatic rings. The number of allylic oxidation sites excluding steroid dienone is 1. The summed E-state index contributed by atoms with van der Waals surface area (Å²) in [6.07, 6.45) is 0.615. The van der Waals surface area contributed by atoms with Crippen molar-refractivity contribution in [2.45, 2.75) is 39.0 Å². The van der Waals surface area contributed by atoms with Crippen LogP contribution in [-0.2, 0) is 24.5 Å². The molecule has 2 heterocycles. The van der Waals surface area contributed by atoms with Crippen LogP contribution in [0.3, 0.4) is 0 Å². The Morgan fingerprint density at radius 1 is 1.08 bits per heavy atom. The quantitative estimate of drug-likeness (QED) is 0.535. The Labute approximate surface area is 218 Å². The molecule has 1 spiro atoms. The van der Waals surface area contributed by atoms with Crippen molar-refractivity contribution in [1.29, 1.82) is 0 Å². The predicted octanol–water partition coefficient (Wildman–Crippen LogP) is 5.00. The molecule has 0 radical (unpaired) electrons. The lowest BCUT2D eigenvalue weighted by molar-refractivity contribution is -0.138. The summed E-state index contributed by atoms with van der Waals surface area (Å²) in [4.78, 5) is 43.0. The Bertz CT molecular complexity index is 1420. The molecular weight excluding hydrogens is 501 g/mol. The van der Waals surface area contributed by atoms with Gasteiger partial charge in [0.25, 0.3) is 0 Å². The summed E-state index contributed by atoms with van der Waals surface area (Å²) in [7, 11) is 1.22. The number of aryl methyl sites for hydroxylation is 1. The number of hydrogen-bond donors (Lipinski definition) is 2. The maximum absolute atomic E-state index is 14.0. The first kappa shape index (κ1) is 24.4. The maximum atomic E-state index is 14.0. The molecule has 3 aliphatic rings. The van der Waals surface area contributed by atoms with Crippen molar-refractivity contribution >= 4 is 52.2 Å². The van der Waals surface area contributed by atoms with Crippen LogP contribution in [0.2, 0.25) is 10.0 Å². The Morgan fingerprint density at radius 2 is 1.75 bits per heavy atom. The number of benzene rings is 2. The Morgan fingerprint density at radius 3 is 2.39 bits per heavy atom. The van der Waals surface area contributed by atoms with Crippen LogP contribution in [0.25, 0.3) is 0 Å². The second-order valence-corrected chi connectivity index (χ2v) is 11.1. The summed E-state index contributed by atoms with van der Waals surface area (Å²) in [5.41, 5.74) is 7.59. The number of halogens is 2. The van der Waals surface area contributed by atoms with Gasteiger partial charge in [0.15, 0.2) is 5.78 Å². The number of ether oxygens (including phenoxy) is 1. The number of amides is 1. The summed E-state index contributed by atoms with van der Waals surface area (Å²) in [6.45, 7) is 5.84. The molecule has 2 aliphatic heterocycles. The molecule has 1 aliphatic carbocycles. The van der Waals surface area contributed by atoms with Crippen LogP contribution in [0.4, 0.5) is 11.4 Å². The number of Topliss-reactive ketones (excluding diaryl/α,β-unsaturated/α-hetero) is 1. The van der Waals surface area contributed by atoms with Crippen molar-refractivity contribution in [2.75, 3.05) is 17.3 Å². The number of ketones is 1. The number of nitrogens with zero attached hydrogens (tertiary/aromatic N) is 1. The molecule has 0 saturated heterocycles. The first-order chi connectivity index (χ1) is 16.9. The molecule has 3 N–H and O–H groups in total. The van der Waals surface area contributed by atoms with Crippen LogP contribution in [0.15, 0.2) is 59.1 Å². The highest BCUT2D eigenvalue weighted by atomic mass is 35.5. The summed E-state index contributed by atoms with van der Waals surface area (Å²) in [5.74, 6) is -1.58. The van der Waals surface area contributed by atoms with Crippen LogP contribution >= 0.6 is 23.2 Å². The molecule has 0 fully saturated rings. The molecule has 9 heteroatoms. The van der Waals surface area contributed by atoms with Gasteiger partial charge in [-0.25, -0.2) is 4.79 Å². The van der Waals surface area contributed by atoms with Gasteiger partial charge < -0.3 is 15.8 Å². The van der Waals surface area contributed by atoms with E-state index in [4.69, 9.17) is 33.7 Å². The van der Waals surface area contributed by atoms with Crippen LogP contribution in [0, 0.1) is 12.3 Å². The second-order valence-electron chi connectivity index (χ2n) is 10.2. The Kier molecular flexibility index (Phi) is 5.50. The summed E-state index contributed by atoms with van der Waals surface area (Å²) < 4.78 is 5.16. The van der Waals surface area contributed by atoms with Crippen LogP contribution in [-0.4, -0.2) is 24.8 Å². The molecular formula is C27H25Cl2N3O4. The Balaban J connectivity index is 1.95. The third kappa shape index (κ3) is 3.37. The molecule has 7 nitrogen and oxygen atoms in total. The number of methoxy groups -OCH3 is 1. The maximum Gasteiger partial charge on any atom is 0.339 e. The fourth-order valence-electron chi connectivity index (χ4n) is 5.71. The number of carbonyl (C=O) groups excluding carboxylic acids is 3. The van der Waals surface area contributed by atoms with E-state index < -0.39 is 22.7 Å². The first-order valence-electron chi connectivity index (χ1n) is 11.4. The average Bonchev–Trinajstić information content (AvgIpc) is 3.03. The van der Waals surface area contributed by atoms with Crippen molar-refractivity contribution in [1.82, 2.24) is 0 Å². The monoisotopic (exact) mass is 525 g/mol. The Hall–Kier alpha value is -3.29. The highest BCUT2D eigenvalue weighted by molar-refractivity contribution is 6.35. The molecule has 36 heavy (non-hydrogen) atoms. The average molecular weight is 526 g/mol. The van der Waals surface area contributed by atoms with E-state index in [0.29, 0.717) is 39.1 Å². The van der Waals surface area contributed by atoms with Gasteiger partial charge in [0.1, 0.15) is 16.8 Å². The lowest BCUT2D eigenvalue weighted by atomic mass is 9.60. The number of rotatable bonds is 2. The minimum Gasteiger partial charge on any atom is -0.466 e. The van der Waals surface area contributed by atoms with Gasteiger partial charge in [-0.2, -0.15) is 0 Å². The van der Waals surface area contributed by atoms with E-state index in [-0.39, 0.29) is 29.2 Å². The standard InChI is InChI=1S/C27H25Cl2N3O4/c1-13-5-6-18-17(7-13)27(25(35)31-18)21-19(11-26(2,3)12-20(21)33)32(23(30)22(27)24(34)36-4)16-9-14(28)8-15(29)10-16/h5-10H,11-12,30H2,1-4H3,(H,31,35). The van der Waals surface area contributed by atoms with Gasteiger partial charge in [-0.1, -0.05) is 54.7 Å². The second kappa shape index (κ2) is 8.11. The normalized spacial score (nSPS) is 22.6. The predicted molar refractivity (Wildman–Crippen MR) is 139 cm³/mol. The van der Waals surface area contributed by atoms with Gasteiger partial charge >= 0.3 is 5.97 Å². The van der Waals surface area contributed by atoms with Crippen LogP contribution in [0.5, 0.6) is 0 Å². The minimum absolute atomic E-state index is 0.0195. The van der Waals surface area contributed by atoms with Crippen molar-refractivity contribution in [3.63, 3.8) is 0 Å². The van der Waals surface area contributed by atoms with E-state index >= 15 is 0 Å².